The first kappa shape index (κ1) is 12.4. The van der Waals surface area contributed by atoms with Gasteiger partial charge in [0, 0.05) is 10.4 Å². The molecule has 1 atom stereocenters. The molecule has 90 valence electrons. The minimum absolute atomic E-state index is 0.419. The first-order chi connectivity index (χ1) is 8.09. The Bertz CT molecular complexity index is 519. The molecule has 0 fully saturated rings. The summed E-state index contributed by atoms with van der Waals surface area (Å²) in [4.78, 5) is 0. The summed E-state index contributed by atoms with van der Waals surface area (Å²) >= 11 is 6.16. The number of benzene rings is 2. The Morgan fingerprint density at radius 2 is 1.71 bits per heavy atom. The second-order valence-corrected chi connectivity index (χ2v) is 5.23. The molecule has 1 unspecified atom stereocenters. The number of fused-ring (bicyclic) bond motifs is 1. The highest BCUT2D eigenvalue weighted by atomic mass is 35.5. The third kappa shape index (κ3) is 2.62. The van der Waals surface area contributed by atoms with Crippen LogP contribution in [0.15, 0.2) is 36.4 Å². The Morgan fingerprint density at radius 1 is 1.06 bits per heavy atom. The molecule has 0 aliphatic carbocycles. The lowest BCUT2D eigenvalue weighted by atomic mass is 9.95. The molecular weight excluding hydrogens is 232 g/mol. The van der Waals surface area contributed by atoms with Crippen LogP contribution in [0.1, 0.15) is 31.9 Å². The Hall–Kier alpha value is -1.05. The van der Waals surface area contributed by atoms with Crippen LogP contribution in [0.2, 0.25) is 5.02 Å². The normalized spacial score (nSPS) is 13.2. The van der Waals surface area contributed by atoms with Crippen molar-refractivity contribution < 1.29 is 5.11 Å². The predicted octanol–water partition coefficient (Wildman–Crippen LogP) is 4.57. The molecule has 0 saturated heterocycles. The van der Waals surface area contributed by atoms with E-state index in [4.69, 9.17) is 11.6 Å². The summed E-state index contributed by atoms with van der Waals surface area (Å²) in [5.74, 6) is 0.472. The molecular formula is C15H17ClO. The van der Waals surface area contributed by atoms with Crippen molar-refractivity contribution in [2.75, 3.05) is 0 Å². The topological polar surface area (TPSA) is 20.2 Å². The highest BCUT2D eigenvalue weighted by Crippen LogP contribution is 2.32. The average Bonchev–Trinajstić information content (AvgIpc) is 2.29. The zero-order chi connectivity index (χ0) is 12.4. The minimum atomic E-state index is -0.419. The average molecular weight is 249 g/mol. The molecule has 0 aliphatic rings. The van der Waals surface area contributed by atoms with E-state index in [9.17, 15) is 5.11 Å². The Kier molecular flexibility index (Phi) is 3.70. The van der Waals surface area contributed by atoms with Gasteiger partial charge in [0.2, 0.25) is 0 Å². The summed E-state index contributed by atoms with van der Waals surface area (Å²) in [5, 5.41) is 13.0. The molecule has 17 heavy (non-hydrogen) atoms. The minimum Gasteiger partial charge on any atom is -0.388 e. The highest BCUT2D eigenvalue weighted by Gasteiger charge is 2.13. The van der Waals surface area contributed by atoms with E-state index in [0.29, 0.717) is 5.92 Å². The van der Waals surface area contributed by atoms with Gasteiger partial charge in [0.25, 0.3) is 0 Å². The first-order valence-electron chi connectivity index (χ1n) is 5.95. The lowest BCUT2D eigenvalue weighted by Crippen LogP contribution is -2.02. The van der Waals surface area contributed by atoms with Crippen LogP contribution in [-0.2, 0) is 0 Å². The van der Waals surface area contributed by atoms with E-state index in [-0.39, 0.29) is 0 Å². The van der Waals surface area contributed by atoms with Gasteiger partial charge < -0.3 is 5.11 Å². The molecule has 0 saturated carbocycles. The summed E-state index contributed by atoms with van der Waals surface area (Å²) < 4.78 is 0. The molecule has 0 amide bonds. The summed E-state index contributed by atoms with van der Waals surface area (Å²) in [6.07, 6.45) is 0.350. The highest BCUT2D eigenvalue weighted by molar-refractivity contribution is 6.35. The monoisotopic (exact) mass is 248 g/mol. The maximum Gasteiger partial charge on any atom is 0.0798 e. The van der Waals surface area contributed by atoms with E-state index >= 15 is 0 Å². The molecule has 0 radical (unpaired) electrons. The van der Waals surface area contributed by atoms with E-state index in [2.05, 4.69) is 13.8 Å². The van der Waals surface area contributed by atoms with Gasteiger partial charge in [0.05, 0.1) is 6.10 Å². The van der Waals surface area contributed by atoms with Crippen LogP contribution >= 0.6 is 11.6 Å². The van der Waals surface area contributed by atoms with Crippen LogP contribution in [0.5, 0.6) is 0 Å². The van der Waals surface area contributed by atoms with Crippen molar-refractivity contribution in [1.82, 2.24) is 0 Å². The maximum atomic E-state index is 10.2. The Labute approximate surface area is 107 Å². The Morgan fingerprint density at radius 3 is 2.35 bits per heavy atom. The molecule has 0 aromatic heterocycles. The zero-order valence-electron chi connectivity index (χ0n) is 10.2. The number of rotatable bonds is 3. The van der Waals surface area contributed by atoms with Crippen LogP contribution in [0.3, 0.4) is 0 Å². The molecule has 2 aromatic rings. The van der Waals surface area contributed by atoms with E-state index in [0.717, 1.165) is 27.8 Å². The van der Waals surface area contributed by atoms with Gasteiger partial charge in [0.1, 0.15) is 0 Å². The van der Waals surface area contributed by atoms with E-state index in [1.165, 1.54) is 0 Å². The van der Waals surface area contributed by atoms with Crippen molar-refractivity contribution in [3.05, 3.63) is 47.0 Å². The van der Waals surface area contributed by atoms with Crippen LogP contribution in [0.4, 0.5) is 0 Å². The maximum absolute atomic E-state index is 10.2. The number of aliphatic hydroxyl groups is 1. The smallest absolute Gasteiger partial charge is 0.0798 e. The number of hydrogen-bond acceptors (Lipinski definition) is 1. The summed E-state index contributed by atoms with van der Waals surface area (Å²) in [5.41, 5.74) is 0.971. The van der Waals surface area contributed by atoms with Gasteiger partial charge in [-0.2, -0.15) is 0 Å². The fourth-order valence-corrected chi connectivity index (χ4v) is 2.38. The largest absolute Gasteiger partial charge is 0.388 e. The first-order valence-corrected chi connectivity index (χ1v) is 6.32. The van der Waals surface area contributed by atoms with Crippen LogP contribution in [0.25, 0.3) is 10.8 Å². The van der Waals surface area contributed by atoms with E-state index < -0.39 is 6.10 Å². The van der Waals surface area contributed by atoms with Gasteiger partial charge in [-0.1, -0.05) is 55.8 Å². The van der Waals surface area contributed by atoms with Crippen molar-refractivity contribution in [2.24, 2.45) is 5.92 Å². The van der Waals surface area contributed by atoms with Crippen molar-refractivity contribution >= 4 is 22.4 Å². The second kappa shape index (κ2) is 5.07. The summed E-state index contributed by atoms with van der Waals surface area (Å²) in [6.45, 7) is 4.22. The number of halogens is 1. The third-order valence-corrected chi connectivity index (χ3v) is 3.29. The van der Waals surface area contributed by atoms with Gasteiger partial charge in [-0.05, 0) is 29.4 Å². The van der Waals surface area contributed by atoms with Crippen molar-refractivity contribution in [3.63, 3.8) is 0 Å². The summed E-state index contributed by atoms with van der Waals surface area (Å²) in [6, 6.07) is 11.7. The molecule has 2 rings (SSSR count). The summed E-state index contributed by atoms with van der Waals surface area (Å²) in [7, 11) is 0. The number of aliphatic hydroxyl groups excluding tert-OH is 1. The van der Waals surface area contributed by atoms with Gasteiger partial charge in [0.15, 0.2) is 0 Å². The van der Waals surface area contributed by atoms with Gasteiger partial charge in [-0.25, -0.2) is 0 Å². The lowest BCUT2D eigenvalue weighted by Gasteiger charge is -2.16. The predicted molar refractivity (Wildman–Crippen MR) is 73.4 cm³/mol. The molecule has 1 N–H and O–H groups in total. The molecule has 0 aliphatic heterocycles. The lowest BCUT2D eigenvalue weighted by molar-refractivity contribution is 0.152. The second-order valence-electron chi connectivity index (χ2n) is 4.83. The molecule has 2 heteroatoms. The zero-order valence-corrected chi connectivity index (χ0v) is 10.9. The molecule has 0 bridgehead atoms. The molecule has 0 heterocycles. The van der Waals surface area contributed by atoms with Gasteiger partial charge in [-0.15, -0.1) is 0 Å². The van der Waals surface area contributed by atoms with Crippen LogP contribution in [-0.4, -0.2) is 5.11 Å². The van der Waals surface area contributed by atoms with Crippen molar-refractivity contribution in [1.29, 1.82) is 0 Å². The Balaban J connectivity index is 2.51. The van der Waals surface area contributed by atoms with Crippen LogP contribution in [0, 0.1) is 5.92 Å². The quantitative estimate of drug-likeness (QED) is 0.844. The standard InChI is InChI=1S/C15H17ClO/c1-10(2)9-15(17)13-7-8-14(16)12-6-4-3-5-11(12)13/h3-8,10,15,17H,9H2,1-2H3. The van der Waals surface area contributed by atoms with E-state index in [1.807, 2.05) is 36.4 Å². The van der Waals surface area contributed by atoms with Gasteiger partial charge in [-0.3, -0.25) is 0 Å². The third-order valence-electron chi connectivity index (χ3n) is 2.96. The fourth-order valence-electron chi connectivity index (χ4n) is 2.15. The van der Waals surface area contributed by atoms with Crippen LogP contribution < -0.4 is 0 Å². The van der Waals surface area contributed by atoms with Crippen molar-refractivity contribution in [3.8, 4) is 0 Å². The molecule has 1 nitrogen and oxygen atoms in total. The fraction of sp³-hybridized carbons (Fsp3) is 0.333. The number of hydrogen-bond donors (Lipinski definition) is 1. The van der Waals surface area contributed by atoms with E-state index in [1.54, 1.807) is 0 Å². The molecule has 0 spiro atoms. The SMILES string of the molecule is CC(C)CC(O)c1ccc(Cl)c2ccccc12. The molecule has 2 aromatic carbocycles. The van der Waals surface area contributed by atoms with Crippen molar-refractivity contribution in [2.45, 2.75) is 26.4 Å². The van der Waals surface area contributed by atoms with Gasteiger partial charge >= 0.3 is 0 Å².